The maximum atomic E-state index is 8.99. The molecule has 13 heavy (non-hydrogen) atoms. The quantitative estimate of drug-likeness (QED) is 0.701. The molecule has 0 aromatic rings. The van der Waals surface area contributed by atoms with E-state index >= 15 is 0 Å². The summed E-state index contributed by atoms with van der Waals surface area (Å²) in [6.07, 6.45) is 5.33. The summed E-state index contributed by atoms with van der Waals surface area (Å²) in [7, 11) is 0. The van der Waals surface area contributed by atoms with Crippen molar-refractivity contribution in [2.45, 2.75) is 32.6 Å². The second kappa shape index (κ2) is 3.58. The van der Waals surface area contributed by atoms with Gasteiger partial charge in [-0.3, -0.25) is 0 Å². The van der Waals surface area contributed by atoms with Crippen LogP contribution in [-0.2, 0) is 0 Å². The molecule has 2 rings (SSSR count). The third-order valence-corrected chi connectivity index (χ3v) is 4.07. The Kier molecular flexibility index (Phi) is 2.61. The van der Waals surface area contributed by atoms with E-state index in [0.717, 1.165) is 0 Å². The molecule has 1 saturated heterocycles. The molecule has 2 fully saturated rings. The van der Waals surface area contributed by atoms with Crippen LogP contribution in [0.4, 0.5) is 0 Å². The summed E-state index contributed by atoms with van der Waals surface area (Å²) in [5.74, 6) is 0.633. The molecule has 2 aliphatic rings. The number of hydrogen-bond donors (Lipinski definition) is 1. The Labute approximate surface area is 80.9 Å². The fourth-order valence-corrected chi connectivity index (χ4v) is 3.05. The van der Waals surface area contributed by atoms with E-state index in [9.17, 15) is 0 Å². The van der Waals surface area contributed by atoms with Crippen LogP contribution >= 0.6 is 0 Å². The molecule has 0 atom stereocenters. The minimum Gasteiger partial charge on any atom is -0.396 e. The maximum Gasteiger partial charge on any atom is 0.0459 e. The van der Waals surface area contributed by atoms with Crippen LogP contribution in [0.15, 0.2) is 0 Å². The molecule has 2 heteroatoms. The van der Waals surface area contributed by atoms with Crippen molar-refractivity contribution in [3.63, 3.8) is 0 Å². The molecule has 76 valence electrons. The third-order valence-electron chi connectivity index (χ3n) is 4.07. The van der Waals surface area contributed by atoms with Crippen molar-refractivity contribution in [3.05, 3.63) is 0 Å². The molecule has 2 nitrogen and oxygen atoms in total. The summed E-state index contributed by atoms with van der Waals surface area (Å²) in [5, 5.41) is 8.99. The first kappa shape index (κ1) is 9.47. The Morgan fingerprint density at radius 1 is 1.31 bits per heavy atom. The highest BCUT2D eigenvalue weighted by Gasteiger charge is 2.44. The van der Waals surface area contributed by atoms with E-state index in [4.69, 9.17) is 5.11 Å². The van der Waals surface area contributed by atoms with Crippen LogP contribution in [0.25, 0.3) is 0 Å². The predicted octanol–water partition coefficient (Wildman–Crippen LogP) is 1.49. The molecule has 1 heterocycles. The van der Waals surface area contributed by atoms with Crippen molar-refractivity contribution in [1.82, 2.24) is 4.90 Å². The highest BCUT2D eigenvalue weighted by Crippen LogP contribution is 2.52. The van der Waals surface area contributed by atoms with Crippen LogP contribution in [0.2, 0.25) is 0 Å². The largest absolute Gasteiger partial charge is 0.396 e. The van der Waals surface area contributed by atoms with Crippen LogP contribution < -0.4 is 0 Å². The number of nitrogens with zero attached hydrogens (tertiary/aromatic N) is 1. The number of piperidine rings is 1. The maximum absolute atomic E-state index is 8.99. The van der Waals surface area contributed by atoms with Gasteiger partial charge in [-0.25, -0.2) is 0 Å². The van der Waals surface area contributed by atoms with Gasteiger partial charge in [-0.2, -0.15) is 0 Å². The molecular formula is C11H21NO. The third kappa shape index (κ3) is 1.75. The van der Waals surface area contributed by atoms with Gasteiger partial charge in [0, 0.05) is 6.61 Å². The van der Waals surface area contributed by atoms with Gasteiger partial charge in [-0.05, 0) is 56.7 Å². The van der Waals surface area contributed by atoms with Gasteiger partial charge in [0.05, 0.1) is 0 Å². The number of likely N-dealkylation sites (tertiary alicyclic amines) is 1. The Bertz CT molecular complexity index is 165. The van der Waals surface area contributed by atoms with Gasteiger partial charge in [0.1, 0.15) is 0 Å². The first-order valence-electron chi connectivity index (χ1n) is 5.61. The average molecular weight is 183 g/mol. The van der Waals surface area contributed by atoms with Gasteiger partial charge in [-0.1, -0.05) is 6.92 Å². The van der Waals surface area contributed by atoms with Crippen LogP contribution in [-0.4, -0.2) is 36.2 Å². The van der Waals surface area contributed by atoms with Gasteiger partial charge in [0.2, 0.25) is 0 Å². The molecule has 0 aromatic carbocycles. The second-order valence-corrected chi connectivity index (χ2v) is 4.89. The van der Waals surface area contributed by atoms with Crippen LogP contribution in [0, 0.1) is 11.3 Å². The molecule has 1 saturated carbocycles. The summed E-state index contributed by atoms with van der Waals surface area (Å²) in [6.45, 7) is 6.44. The number of hydrogen-bond acceptors (Lipinski definition) is 2. The first-order chi connectivity index (χ1) is 6.28. The Morgan fingerprint density at radius 2 is 1.92 bits per heavy atom. The lowest BCUT2D eigenvalue weighted by Gasteiger charge is -2.52. The van der Waals surface area contributed by atoms with Gasteiger partial charge in [0.15, 0.2) is 0 Å². The average Bonchev–Trinajstić information content (AvgIpc) is 2.14. The summed E-state index contributed by atoms with van der Waals surface area (Å²) in [4.78, 5) is 2.54. The second-order valence-electron chi connectivity index (χ2n) is 4.89. The standard InChI is InChI=1S/C11H21NO/c1-2-12-5-3-11(4-6-12)7-10(8-11)9-13/h10,13H,2-9H2,1H3. The molecule has 0 bridgehead atoms. The van der Waals surface area contributed by atoms with Gasteiger partial charge in [0.25, 0.3) is 0 Å². The van der Waals surface area contributed by atoms with E-state index in [1.54, 1.807) is 0 Å². The zero-order valence-electron chi connectivity index (χ0n) is 8.63. The molecule has 0 radical (unpaired) electrons. The lowest BCUT2D eigenvalue weighted by atomic mass is 9.58. The van der Waals surface area contributed by atoms with E-state index in [2.05, 4.69) is 11.8 Å². The molecule has 0 aromatic heterocycles. The van der Waals surface area contributed by atoms with Crippen LogP contribution in [0.1, 0.15) is 32.6 Å². The number of aliphatic hydroxyl groups excluding tert-OH is 1. The zero-order chi connectivity index (χ0) is 9.31. The van der Waals surface area contributed by atoms with Crippen molar-refractivity contribution >= 4 is 0 Å². The zero-order valence-corrected chi connectivity index (χ0v) is 8.63. The summed E-state index contributed by atoms with van der Waals surface area (Å²) in [6, 6.07) is 0. The normalized spacial score (nSPS) is 29.1. The van der Waals surface area contributed by atoms with Gasteiger partial charge >= 0.3 is 0 Å². The fraction of sp³-hybridized carbons (Fsp3) is 1.00. The fourth-order valence-electron chi connectivity index (χ4n) is 3.05. The highest BCUT2D eigenvalue weighted by molar-refractivity contribution is 4.96. The summed E-state index contributed by atoms with van der Waals surface area (Å²) < 4.78 is 0. The van der Waals surface area contributed by atoms with Crippen LogP contribution in [0.5, 0.6) is 0 Å². The SMILES string of the molecule is CCN1CCC2(CC1)CC(CO)C2. The van der Waals surface area contributed by atoms with Gasteiger partial charge < -0.3 is 10.0 Å². The van der Waals surface area contributed by atoms with E-state index in [1.165, 1.54) is 45.3 Å². The van der Waals surface area contributed by atoms with E-state index in [1.807, 2.05) is 0 Å². The molecule has 0 unspecified atom stereocenters. The summed E-state index contributed by atoms with van der Waals surface area (Å²) in [5.41, 5.74) is 0.652. The van der Waals surface area contributed by atoms with Crippen LogP contribution in [0.3, 0.4) is 0 Å². The Balaban J connectivity index is 1.79. The summed E-state index contributed by atoms with van der Waals surface area (Å²) >= 11 is 0. The molecule has 0 amide bonds. The molecular weight excluding hydrogens is 162 g/mol. The van der Waals surface area contributed by atoms with E-state index in [0.29, 0.717) is 17.9 Å². The smallest absolute Gasteiger partial charge is 0.0459 e. The van der Waals surface area contributed by atoms with Gasteiger partial charge in [-0.15, -0.1) is 0 Å². The first-order valence-corrected chi connectivity index (χ1v) is 5.61. The van der Waals surface area contributed by atoms with Crippen molar-refractivity contribution in [2.75, 3.05) is 26.2 Å². The van der Waals surface area contributed by atoms with E-state index in [-0.39, 0.29) is 0 Å². The highest BCUT2D eigenvalue weighted by atomic mass is 16.3. The Hall–Kier alpha value is -0.0800. The molecule has 1 aliphatic heterocycles. The van der Waals surface area contributed by atoms with Crippen molar-refractivity contribution < 1.29 is 5.11 Å². The lowest BCUT2D eigenvalue weighted by Crippen LogP contribution is -2.47. The molecule has 1 spiro atoms. The predicted molar refractivity (Wildman–Crippen MR) is 53.6 cm³/mol. The Morgan fingerprint density at radius 3 is 2.38 bits per heavy atom. The topological polar surface area (TPSA) is 23.5 Å². The van der Waals surface area contributed by atoms with Crippen molar-refractivity contribution in [2.24, 2.45) is 11.3 Å². The van der Waals surface area contributed by atoms with Crippen molar-refractivity contribution in [1.29, 1.82) is 0 Å². The molecule has 1 N–H and O–H groups in total. The minimum absolute atomic E-state index is 0.416. The monoisotopic (exact) mass is 183 g/mol. The van der Waals surface area contributed by atoms with Crippen molar-refractivity contribution in [3.8, 4) is 0 Å². The lowest BCUT2D eigenvalue weighted by molar-refractivity contribution is -0.0326. The number of rotatable bonds is 2. The molecule has 1 aliphatic carbocycles. The number of aliphatic hydroxyl groups is 1. The minimum atomic E-state index is 0.416. The van der Waals surface area contributed by atoms with E-state index < -0.39 is 0 Å².